The van der Waals surface area contributed by atoms with Crippen molar-refractivity contribution >= 4 is 30.1 Å². The molecule has 0 heterocycles. The second-order valence-electron chi connectivity index (χ2n) is 1.79. The second kappa shape index (κ2) is 5.86. The maximum atomic E-state index is 10.6. The van der Waals surface area contributed by atoms with Gasteiger partial charge in [-0.25, -0.2) is 12.6 Å². The minimum atomic E-state index is -4.29. The molecule has 0 aliphatic carbocycles. The molecule has 0 amide bonds. The van der Waals surface area contributed by atoms with Crippen LogP contribution in [-0.4, -0.2) is 35.8 Å². The Morgan fingerprint density at radius 3 is 2.08 bits per heavy atom. The zero-order chi connectivity index (χ0) is 9.12. The molecule has 5 nitrogen and oxygen atoms in total. The van der Waals surface area contributed by atoms with Crippen molar-refractivity contribution in [2.45, 2.75) is 0 Å². The average molecular weight is 242 g/mol. The van der Waals surface area contributed by atoms with Gasteiger partial charge in [0.05, 0.1) is 22.5 Å². The molecule has 68 valence electrons. The van der Waals surface area contributed by atoms with Crippen LogP contribution in [0.1, 0.15) is 0 Å². The van der Waals surface area contributed by atoms with E-state index in [0.717, 1.165) is 6.26 Å². The van der Waals surface area contributed by atoms with Gasteiger partial charge < -0.3 is 4.55 Å². The van der Waals surface area contributed by atoms with E-state index in [0.29, 0.717) is 0 Å². The van der Waals surface area contributed by atoms with Crippen LogP contribution in [0.2, 0.25) is 0 Å². The van der Waals surface area contributed by atoms with E-state index in [9.17, 15) is 17.2 Å². The van der Waals surface area contributed by atoms with E-state index in [2.05, 4.69) is 15.4 Å². The molecule has 9 heteroatoms. The van der Waals surface area contributed by atoms with Gasteiger partial charge in [0.15, 0.2) is 0 Å². The van der Waals surface area contributed by atoms with Crippen molar-refractivity contribution in [2.24, 2.45) is 0 Å². The van der Waals surface area contributed by atoms with Crippen molar-refractivity contribution in [3.05, 3.63) is 0 Å². The van der Waals surface area contributed by atoms with Gasteiger partial charge in [-0.3, -0.25) is 4.18 Å². The van der Waals surface area contributed by atoms with Crippen molar-refractivity contribution in [1.29, 1.82) is 0 Å². The van der Waals surface area contributed by atoms with Crippen molar-refractivity contribution in [3.63, 3.8) is 0 Å². The van der Waals surface area contributed by atoms with Gasteiger partial charge in [0.2, 0.25) is 0 Å². The van der Waals surface area contributed by atoms with Gasteiger partial charge in [-0.15, -0.1) is 0 Å². The molecule has 0 aliphatic heterocycles. The maximum absolute atomic E-state index is 10.6. The fourth-order valence-electron chi connectivity index (χ4n) is 0.287. The van der Waals surface area contributed by atoms with Crippen LogP contribution in [0.15, 0.2) is 0 Å². The zero-order valence-electron chi connectivity index (χ0n) is 6.68. The third-order valence-corrected chi connectivity index (χ3v) is 2.18. The summed E-state index contributed by atoms with van der Waals surface area (Å²) in [6, 6.07) is 0. The van der Waals surface area contributed by atoms with Gasteiger partial charge in [0.25, 0.3) is 0 Å². The molecule has 0 aromatic heterocycles. The van der Waals surface area contributed by atoms with E-state index in [-0.39, 0.29) is 29.6 Å². The molecule has 0 saturated heterocycles. The molecule has 0 aromatic rings. The molecule has 0 aliphatic rings. The van der Waals surface area contributed by atoms with E-state index in [4.69, 9.17) is 0 Å². The third-order valence-electron chi connectivity index (χ3n) is 0.631. The van der Waals surface area contributed by atoms with Crippen molar-refractivity contribution in [1.82, 2.24) is 0 Å². The van der Waals surface area contributed by atoms with E-state index in [1.54, 1.807) is 0 Å². The first-order valence-electron chi connectivity index (χ1n) is 2.49. The number of rotatable bonds is 4. The summed E-state index contributed by atoms with van der Waals surface area (Å²) in [5, 5.41) is 0. The molecule has 0 fully saturated rings. The quantitative estimate of drug-likeness (QED) is 0.367. The number of hydrogen-bond donors (Lipinski definition) is 0. The summed E-state index contributed by atoms with van der Waals surface area (Å²) in [7, 11) is -7.11. The van der Waals surface area contributed by atoms with Crippen molar-refractivity contribution < 1.29 is 50.9 Å². The van der Waals surface area contributed by atoms with Gasteiger partial charge >= 0.3 is 29.6 Å². The Morgan fingerprint density at radius 1 is 1.42 bits per heavy atom. The summed E-state index contributed by atoms with van der Waals surface area (Å²) in [4.78, 5) is 0. The van der Waals surface area contributed by atoms with Crippen molar-refractivity contribution in [2.75, 3.05) is 18.6 Å². The Kier molecular flexibility index (Phi) is 7.67. The van der Waals surface area contributed by atoms with Crippen LogP contribution < -0.4 is 29.6 Å². The van der Waals surface area contributed by atoms with Gasteiger partial charge in [-0.05, 0) is 0 Å². The van der Waals surface area contributed by atoms with Crippen LogP contribution in [0, 0.1) is 0 Å². The molecular weight excluding hydrogens is 235 g/mol. The second-order valence-corrected chi connectivity index (χ2v) is 6.77. The Labute approximate surface area is 98.8 Å². The molecule has 0 spiro atoms. The molecule has 0 rings (SSSR count). The van der Waals surface area contributed by atoms with Crippen LogP contribution in [0.25, 0.3) is 0 Å². The first-order valence-corrected chi connectivity index (χ1v) is 6.88. The minimum Gasteiger partial charge on any atom is -0.748 e. The van der Waals surface area contributed by atoms with Crippen LogP contribution in [0.5, 0.6) is 0 Å². The number of hydrogen-bond acceptors (Lipinski definition) is 6. The molecule has 1 atom stereocenters. The summed E-state index contributed by atoms with van der Waals surface area (Å²) in [6.07, 6.45) is 1.14. The predicted octanol–water partition coefficient (Wildman–Crippen LogP) is -4.16. The molecule has 12 heavy (non-hydrogen) atoms. The Hall–Kier alpha value is 1.24. The molecule has 0 radical (unpaired) electrons. The van der Waals surface area contributed by atoms with Crippen LogP contribution in [-0.2, 0) is 34.3 Å². The summed E-state index contributed by atoms with van der Waals surface area (Å²) in [5.41, 5.74) is 0. The fourth-order valence-corrected chi connectivity index (χ4v) is 1.27. The van der Waals surface area contributed by atoms with Crippen LogP contribution >= 0.6 is 0 Å². The van der Waals surface area contributed by atoms with Gasteiger partial charge in [0.1, 0.15) is 8.77 Å². The standard InChI is InChI=1S/C3H8O5S3.Na/c1-10(4,9)8-2-3-11(5,6)7;/h2-3H2,1H3,(H,5,6,7);/q;+1/p-1. The summed E-state index contributed by atoms with van der Waals surface area (Å²) in [6.45, 7) is -0.412. The molecular formula is C3H7NaO5S3. The van der Waals surface area contributed by atoms with Crippen molar-refractivity contribution in [3.8, 4) is 0 Å². The molecule has 0 bridgehead atoms. The molecule has 0 aromatic carbocycles. The first-order chi connectivity index (χ1) is 4.71. The fraction of sp³-hybridized carbons (Fsp3) is 1.00. The van der Waals surface area contributed by atoms with Crippen LogP contribution in [0.3, 0.4) is 0 Å². The Balaban J connectivity index is 0. The largest absolute Gasteiger partial charge is 1.00 e. The summed E-state index contributed by atoms with van der Waals surface area (Å²) < 4.78 is 44.8. The first kappa shape index (κ1) is 15.7. The topological polar surface area (TPSA) is 83.5 Å². The van der Waals surface area contributed by atoms with E-state index >= 15 is 0 Å². The monoisotopic (exact) mass is 242 g/mol. The maximum Gasteiger partial charge on any atom is 1.00 e. The Morgan fingerprint density at radius 2 is 1.83 bits per heavy atom. The average Bonchev–Trinajstić information content (AvgIpc) is 1.55. The third kappa shape index (κ3) is 13.8. The van der Waals surface area contributed by atoms with Gasteiger partial charge in [0, 0.05) is 17.4 Å². The van der Waals surface area contributed by atoms with Gasteiger partial charge in [-0.1, -0.05) is 0 Å². The summed E-state index contributed by atoms with van der Waals surface area (Å²) >= 11 is 4.28. The summed E-state index contributed by atoms with van der Waals surface area (Å²) in [5.74, 6) is -0.700. The zero-order valence-corrected chi connectivity index (χ0v) is 11.1. The van der Waals surface area contributed by atoms with Gasteiger partial charge in [-0.2, -0.15) is 0 Å². The van der Waals surface area contributed by atoms with Crippen LogP contribution in [0.4, 0.5) is 0 Å². The minimum absolute atomic E-state index is 0. The molecule has 0 N–H and O–H groups in total. The van der Waals surface area contributed by atoms with E-state index in [1.807, 2.05) is 0 Å². The molecule has 0 saturated carbocycles. The normalized spacial score (nSPS) is 16.2. The Bertz CT molecular complexity index is 271. The smallest absolute Gasteiger partial charge is 0.748 e. The predicted molar refractivity (Wildman–Crippen MR) is 41.9 cm³/mol. The SMILES string of the molecule is CS(=O)(=S)OCCS(=O)(=O)[O-].[Na+]. The molecule has 1 unspecified atom stereocenters. The van der Waals surface area contributed by atoms with E-state index < -0.39 is 31.3 Å². The van der Waals surface area contributed by atoms with E-state index in [1.165, 1.54) is 0 Å².